The Hall–Kier alpha value is -3.26. The lowest BCUT2D eigenvalue weighted by atomic mass is 9.70. The van der Waals surface area contributed by atoms with Gasteiger partial charge in [0.25, 0.3) is 0 Å². The summed E-state index contributed by atoms with van der Waals surface area (Å²) in [5, 5.41) is 0. The Morgan fingerprint density at radius 3 is 1.00 bits per heavy atom. The Labute approximate surface area is 350 Å². The number of unbranched alkanes of at least 4 members (excludes halogenated alkanes) is 20. The first-order chi connectivity index (χ1) is 28.1. The van der Waals surface area contributed by atoms with E-state index in [1.165, 1.54) is 200 Å². The monoisotopic (exact) mass is 771 g/mol. The summed E-state index contributed by atoms with van der Waals surface area (Å²) in [7, 11) is 0. The first kappa shape index (κ1) is 44.8. The molecule has 5 rings (SSSR count). The maximum absolute atomic E-state index is 2.63. The summed E-state index contributed by atoms with van der Waals surface area (Å²) in [4.78, 5) is 0. The molecule has 0 amide bonds. The van der Waals surface area contributed by atoms with Crippen LogP contribution in [0, 0.1) is 0 Å². The molecule has 0 bridgehead atoms. The van der Waals surface area contributed by atoms with Crippen LogP contribution in [0.4, 0.5) is 0 Å². The van der Waals surface area contributed by atoms with Gasteiger partial charge in [0, 0.05) is 42.5 Å². The van der Waals surface area contributed by atoms with E-state index in [9.17, 15) is 0 Å². The lowest BCUT2D eigenvalue weighted by molar-refractivity contribution is -0.697. The summed E-state index contributed by atoms with van der Waals surface area (Å²) >= 11 is 0. The molecule has 0 unspecified atom stereocenters. The minimum atomic E-state index is 0.0606. The molecule has 1 aliphatic rings. The Morgan fingerprint density at radius 1 is 0.333 bits per heavy atom. The number of hydrogen-bond acceptors (Lipinski definition) is 0. The quantitative estimate of drug-likeness (QED) is 0.0368. The van der Waals surface area contributed by atoms with Crippen molar-refractivity contribution in [1.29, 1.82) is 0 Å². The van der Waals surface area contributed by atoms with Gasteiger partial charge in [-0.15, -0.1) is 0 Å². The van der Waals surface area contributed by atoms with Crippen LogP contribution in [0.3, 0.4) is 0 Å². The van der Waals surface area contributed by atoms with Crippen LogP contribution >= 0.6 is 0 Å². The third kappa shape index (κ3) is 13.4. The van der Waals surface area contributed by atoms with Crippen molar-refractivity contribution in [3.05, 3.63) is 96.6 Å². The van der Waals surface area contributed by atoms with Crippen LogP contribution in [0.25, 0.3) is 33.4 Å². The molecule has 2 aromatic heterocycles. The lowest BCUT2D eigenvalue weighted by Gasteiger charge is -2.33. The molecule has 0 fully saturated rings. The Bertz CT molecular complexity index is 1560. The predicted molar refractivity (Wildman–Crippen MR) is 247 cm³/mol. The molecule has 0 spiro atoms. The molecule has 0 atom stereocenters. The van der Waals surface area contributed by atoms with Gasteiger partial charge in [0.1, 0.15) is 13.1 Å². The number of aromatic nitrogens is 2. The van der Waals surface area contributed by atoms with E-state index in [-0.39, 0.29) is 5.41 Å². The third-order valence-electron chi connectivity index (χ3n) is 13.3. The van der Waals surface area contributed by atoms with E-state index in [2.05, 4.69) is 122 Å². The van der Waals surface area contributed by atoms with Gasteiger partial charge in [0.15, 0.2) is 24.8 Å². The van der Waals surface area contributed by atoms with Crippen LogP contribution in [-0.4, -0.2) is 0 Å². The molecular formula is C55H82N2+2. The van der Waals surface area contributed by atoms with Crippen molar-refractivity contribution < 1.29 is 9.13 Å². The number of rotatable bonds is 30. The predicted octanol–water partition coefficient (Wildman–Crippen LogP) is 16.1. The largest absolute Gasteiger partial charge is 0.205 e. The van der Waals surface area contributed by atoms with Crippen molar-refractivity contribution in [2.45, 2.75) is 213 Å². The summed E-state index contributed by atoms with van der Waals surface area (Å²) in [6, 6.07) is 24.5. The van der Waals surface area contributed by atoms with E-state index in [0.717, 1.165) is 13.1 Å². The van der Waals surface area contributed by atoms with Crippen molar-refractivity contribution >= 4 is 0 Å². The summed E-state index contributed by atoms with van der Waals surface area (Å²) in [6.07, 6.45) is 44.1. The summed E-state index contributed by atoms with van der Waals surface area (Å²) < 4.78 is 4.80. The smallest absolute Gasteiger partial charge is 0.169 e. The van der Waals surface area contributed by atoms with Crippen LogP contribution < -0.4 is 9.13 Å². The Morgan fingerprint density at radius 2 is 0.649 bits per heavy atom. The first-order valence-electron chi connectivity index (χ1n) is 24.4. The molecule has 2 heterocycles. The lowest BCUT2D eigenvalue weighted by Crippen LogP contribution is -2.32. The molecule has 0 N–H and O–H groups in total. The average Bonchev–Trinajstić information content (AvgIpc) is 3.51. The van der Waals surface area contributed by atoms with Gasteiger partial charge >= 0.3 is 0 Å². The fourth-order valence-corrected chi connectivity index (χ4v) is 9.68. The molecule has 2 nitrogen and oxygen atoms in total. The number of aryl methyl sites for hydroxylation is 2. The van der Waals surface area contributed by atoms with Crippen LogP contribution in [0.2, 0.25) is 0 Å². The van der Waals surface area contributed by atoms with E-state index < -0.39 is 0 Å². The van der Waals surface area contributed by atoms with Crippen molar-refractivity contribution in [2.24, 2.45) is 0 Å². The highest BCUT2D eigenvalue weighted by atomic mass is 14.9. The van der Waals surface area contributed by atoms with E-state index >= 15 is 0 Å². The maximum atomic E-state index is 2.63. The summed E-state index contributed by atoms with van der Waals surface area (Å²) in [6.45, 7) is 11.5. The number of hydrogen-bond donors (Lipinski definition) is 0. The van der Waals surface area contributed by atoms with Crippen molar-refractivity contribution in [3.63, 3.8) is 0 Å². The first-order valence-corrected chi connectivity index (χ1v) is 24.4. The van der Waals surface area contributed by atoms with E-state index in [1.807, 2.05) is 0 Å². The Kier molecular flexibility index (Phi) is 19.9. The zero-order valence-corrected chi connectivity index (χ0v) is 37.3. The molecule has 0 saturated carbocycles. The highest BCUT2D eigenvalue weighted by molar-refractivity contribution is 5.86. The number of fused-ring (bicyclic) bond motifs is 3. The van der Waals surface area contributed by atoms with Crippen LogP contribution in [0.5, 0.6) is 0 Å². The summed E-state index contributed by atoms with van der Waals surface area (Å²) in [5.41, 5.74) is 11.7. The minimum Gasteiger partial charge on any atom is -0.205 e. The second-order valence-corrected chi connectivity index (χ2v) is 17.8. The molecular weight excluding hydrogens is 689 g/mol. The molecule has 4 aromatic rings. The topological polar surface area (TPSA) is 7.76 Å². The minimum absolute atomic E-state index is 0.0606. The average molecular weight is 771 g/mol. The molecule has 0 radical (unpaired) electrons. The van der Waals surface area contributed by atoms with Gasteiger partial charge in [-0.25, -0.2) is 9.13 Å². The number of pyridine rings is 2. The fourth-order valence-electron chi connectivity index (χ4n) is 9.68. The normalized spacial score (nSPS) is 12.9. The van der Waals surface area contributed by atoms with Crippen LogP contribution in [0.1, 0.15) is 206 Å². The second-order valence-electron chi connectivity index (χ2n) is 17.8. The Balaban J connectivity index is 1.42. The summed E-state index contributed by atoms with van der Waals surface area (Å²) in [5.74, 6) is 0. The van der Waals surface area contributed by atoms with Crippen molar-refractivity contribution in [2.75, 3.05) is 0 Å². The maximum Gasteiger partial charge on any atom is 0.169 e. The molecule has 2 heteroatoms. The van der Waals surface area contributed by atoms with Gasteiger partial charge in [-0.05, 0) is 82.3 Å². The number of nitrogens with zero attached hydrogens (tertiary/aromatic N) is 2. The highest BCUT2D eigenvalue weighted by Gasteiger charge is 2.42. The van der Waals surface area contributed by atoms with Crippen molar-refractivity contribution in [1.82, 2.24) is 0 Å². The van der Waals surface area contributed by atoms with Gasteiger partial charge in [-0.1, -0.05) is 180 Å². The fraction of sp³-hybridized carbons (Fsp3) is 0.600. The third-order valence-corrected chi connectivity index (χ3v) is 13.3. The highest BCUT2D eigenvalue weighted by Crippen LogP contribution is 2.55. The van der Waals surface area contributed by atoms with E-state index in [1.54, 1.807) is 11.1 Å². The molecule has 57 heavy (non-hydrogen) atoms. The zero-order valence-electron chi connectivity index (χ0n) is 37.3. The second kappa shape index (κ2) is 25.3. The van der Waals surface area contributed by atoms with Gasteiger partial charge in [0.2, 0.25) is 0 Å². The zero-order chi connectivity index (χ0) is 40.0. The van der Waals surface area contributed by atoms with Gasteiger partial charge in [-0.3, -0.25) is 0 Å². The standard InChI is InChI=1S/C55H82N2/c1-5-9-13-17-21-25-37-55(38-26-22-18-14-10-6-2)53-45-49(47-33-41-56(42-34-47)39-27-23-19-15-11-7-3)29-31-51(53)52-32-30-50(46-54(52)55)48-35-43-57(44-36-48)40-28-24-20-16-12-8-4/h29-36,41-46H,5-28,37-40H2,1-4H3/q+2. The molecule has 0 saturated heterocycles. The molecule has 2 aromatic carbocycles. The van der Waals surface area contributed by atoms with Crippen LogP contribution in [0.15, 0.2) is 85.5 Å². The van der Waals surface area contributed by atoms with Gasteiger partial charge in [-0.2, -0.15) is 0 Å². The van der Waals surface area contributed by atoms with Crippen LogP contribution in [-0.2, 0) is 18.5 Å². The SMILES string of the molecule is CCCCCCCC[n+]1ccc(-c2ccc3c(c2)C(CCCCCCCC)(CCCCCCCC)c2cc(-c4cc[n+](CCCCCCCC)cc4)ccc2-3)cc1. The van der Waals surface area contributed by atoms with Crippen molar-refractivity contribution in [3.8, 4) is 33.4 Å². The van der Waals surface area contributed by atoms with E-state index in [4.69, 9.17) is 0 Å². The van der Waals surface area contributed by atoms with Gasteiger partial charge < -0.3 is 0 Å². The van der Waals surface area contributed by atoms with E-state index in [0.29, 0.717) is 0 Å². The molecule has 0 aliphatic heterocycles. The van der Waals surface area contributed by atoms with Gasteiger partial charge in [0.05, 0.1) is 0 Å². The molecule has 310 valence electrons. The number of benzene rings is 2. The molecule has 1 aliphatic carbocycles.